The van der Waals surface area contributed by atoms with Crippen molar-refractivity contribution in [2.24, 2.45) is 0 Å². The molecule has 4 nitrogen and oxygen atoms in total. The van der Waals surface area contributed by atoms with Crippen molar-refractivity contribution in [1.82, 2.24) is 5.32 Å². The molecule has 11 heavy (non-hydrogen) atoms. The molecule has 0 unspecified atom stereocenters. The lowest BCUT2D eigenvalue weighted by Crippen LogP contribution is -2.21. The van der Waals surface area contributed by atoms with Gasteiger partial charge >= 0.3 is 0 Å². The Morgan fingerprint density at radius 2 is 2.18 bits per heavy atom. The average molecular weight is 152 g/mol. The van der Waals surface area contributed by atoms with Crippen LogP contribution in [0.25, 0.3) is 0 Å². The van der Waals surface area contributed by atoms with Crippen LogP contribution in [0, 0.1) is 6.08 Å². The number of Topliss-reactive ketones (excluding diaryl/α,β-unsaturated/α-hetero) is 1. The van der Waals surface area contributed by atoms with Gasteiger partial charge in [0, 0.05) is 5.76 Å². The number of aliphatic hydroxyl groups excluding tert-OH is 1. The molecule has 0 fully saturated rings. The van der Waals surface area contributed by atoms with Crippen molar-refractivity contribution in [2.45, 2.75) is 0 Å². The summed E-state index contributed by atoms with van der Waals surface area (Å²) in [6.45, 7) is 0. The van der Waals surface area contributed by atoms with Crippen molar-refractivity contribution in [3.05, 3.63) is 23.6 Å². The molecule has 0 aromatic heterocycles. The van der Waals surface area contributed by atoms with Gasteiger partial charge in [0.1, 0.15) is 11.6 Å². The van der Waals surface area contributed by atoms with E-state index in [2.05, 4.69) is 5.32 Å². The largest absolute Gasteiger partial charge is 0.532 e. The van der Waals surface area contributed by atoms with Crippen molar-refractivity contribution in [2.75, 3.05) is 7.05 Å². The first-order chi connectivity index (χ1) is 5.15. The molecular formula is C7H6NO3-. The third kappa shape index (κ3) is 1.29. The van der Waals surface area contributed by atoms with Gasteiger partial charge in [-0.15, -0.1) is 0 Å². The Balaban J connectivity index is 3.00. The number of hydrogen-bond donors (Lipinski definition) is 2. The summed E-state index contributed by atoms with van der Waals surface area (Å²) >= 11 is 0. The minimum absolute atomic E-state index is 0.217. The number of carbonyl (C=O) groups excluding carboxylic acids is 2. The monoisotopic (exact) mass is 152 g/mol. The minimum atomic E-state index is -0.818. The van der Waals surface area contributed by atoms with E-state index < -0.39 is 11.6 Å². The van der Waals surface area contributed by atoms with Crippen molar-refractivity contribution in [3.8, 4) is 0 Å². The number of allylic oxidation sites excluding steroid dienone is 2. The van der Waals surface area contributed by atoms with Crippen LogP contribution in [0.5, 0.6) is 0 Å². The molecule has 0 amide bonds. The van der Waals surface area contributed by atoms with Crippen LogP contribution >= 0.6 is 0 Å². The van der Waals surface area contributed by atoms with E-state index in [-0.39, 0.29) is 11.5 Å². The first kappa shape index (κ1) is 7.53. The summed E-state index contributed by atoms with van der Waals surface area (Å²) in [4.78, 5) is 21.2. The fraction of sp³-hybridized carbons (Fsp3) is 0.143. The number of nitrogens with one attached hydrogen (secondary N) is 1. The number of likely N-dealkylation sites (N-methyl/N-ethyl adjacent to an activating group) is 1. The van der Waals surface area contributed by atoms with Gasteiger partial charge < -0.3 is 20.0 Å². The molecule has 1 aliphatic rings. The first-order valence-electron chi connectivity index (χ1n) is 2.96. The standard InChI is InChI=1S/C7H6NO3/c1-8-4-2-6(10)7(11)3-5(4)9/h2,8-9H,1H3/q-1. The van der Waals surface area contributed by atoms with Gasteiger partial charge in [-0.25, -0.2) is 0 Å². The van der Waals surface area contributed by atoms with E-state index in [0.29, 0.717) is 0 Å². The second-order valence-corrected chi connectivity index (χ2v) is 1.97. The predicted molar refractivity (Wildman–Crippen MR) is 36.5 cm³/mol. The van der Waals surface area contributed by atoms with Crippen LogP contribution in [0.3, 0.4) is 0 Å². The normalized spacial score (nSPS) is 17.5. The van der Waals surface area contributed by atoms with Crippen LogP contribution in [-0.4, -0.2) is 23.7 Å². The number of carbonyl (C=O) groups is 2. The Bertz CT molecular complexity index is 275. The van der Waals surface area contributed by atoms with E-state index >= 15 is 0 Å². The maximum Gasteiger partial charge on any atom is 0.117 e. The highest BCUT2D eigenvalue weighted by Crippen LogP contribution is 2.07. The van der Waals surface area contributed by atoms with Gasteiger partial charge in [0.05, 0.1) is 0 Å². The minimum Gasteiger partial charge on any atom is -0.532 e. The summed E-state index contributed by atoms with van der Waals surface area (Å²) in [5.74, 6) is -1.81. The maximum absolute atomic E-state index is 10.7. The Morgan fingerprint density at radius 3 is 2.73 bits per heavy atom. The quantitative estimate of drug-likeness (QED) is 0.301. The molecule has 0 heterocycles. The van der Waals surface area contributed by atoms with Crippen LogP contribution in [0.15, 0.2) is 17.5 Å². The Kier molecular flexibility index (Phi) is 1.76. The molecule has 0 aromatic carbocycles. The lowest BCUT2D eigenvalue weighted by molar-refractivity contribution is -0.131. The zero-order chi connectivity index (χ0) is 8.43. The molecule has 0 bridgehead atoms. The molecule has 1 aliphatic carbocycles. The summed E-state index contributed by atoms with van der Waals surface area (Å²) in [6.07, 6.45) is 3.02. The van der Waals surface area contributed by atoms with E-state index in [1.807, 2.05) is 6.08 Å². The van der Waals surface area contributed by atoms with Crippen molar-refractivity contribution < 1.29 is 14.7 Å². The van der Waals surface area contributed by atoms with Gasteiger partial charge in [0.25, 0.3) is 0 Å². The zero-order valence-electron chi connectivity index (χ0n) is 5.84. The van der Waals surface area contributed by atoms with E-state index in [9.17, 15) is 9.59 Å². The molecule has 0 aromatic rings. The predicted octanol–water partition coefficient (Wildman–Crippen LogP) is -0.513. The van der Waals surface area contributed by atoms with Crippen LogP contribution in [0.4, 0.5) is 0 Å². The van der Waals surface area contributed by atoms with Crippen LogP contribution in [0.1, 0.15) is 0 Å². The number of rotatable bonds is 1. The van der Waals surface area contributed by atoms with E-state index in [1.54, 1.807) is 0 Å². The molecule has 4 heteroatoms. The number of ketones is 2. The second-order valence-electron chi connectivity index (χ2n) is 1.97. The van der Waals surface area contributed by atoms with E-state index in [1.165, 1.54) is 7.05 Å². The lowest BCUT2D eigenvalue weighted by Gasteiger charge is -2.17. The topological polar surface area (TPSA) is 66.4 Å². The molecule has 0 spiro atoms. The van der Waals surface area contributed by atoms with Crippen LogP contribution in [0.2, 0.25) is 0 Å². The summed E-state index contributed by atoms with van der Waals surface area (Å²) in [5, 5.41) is 11.5. The van der Waals surface area contributed by atoms with Gasteiger partial charge in [0.2, 0.25) is 0 Å². The molecular weight excluding hydrogens is 146 g/mol. The lowest BCUT2D eigenvalue weighted by atomic mass is 10.1. The highest BCUT2D eigenvalue weighted by atomic mass is 16.3. The van der Waals surface area contributed by atoms with Crippen molar-refractivity contribution >= 4 is 11.6 Å². The molecule has 0 aliphatic heterocycles. The Hall–Kier alpha value is -1.58. The molecule has 0 saturated heterocycles. The zero-order valence-corrected chi connectivity index (χ0v) is 5.84. The van der Waals surface area contributed by atoms with Gasteiger partial charge in [-0.2, -0.15) is 0 Å². The summed E-state index contributed by atoms with van der Waals surface area (Å²) in [6, 6.07) is 0. The highest BCUT2D eigenvalue weighted by molar-refractivity contribution is 6.45. The highest BCUT2D eigenvalue weighted by Gasteiger charge is 2.07. The van der Waals surface area contributed by atoms with E-state index in [4.69, 9.17) is 5.11 Å². The smallest absolute Gasteiger partial charge is 0.117 e. The average Bonchev–Trinajstić information content (AvgIpc) is 1.97. The summed E-state index contributed by atoms with van der Waals surface area (Å²) in [7, 11) is 1.53. The molecule has 0 atom stereocenters. The Labute approximate surface area is 63.2 Å². The summed E-state index contributed by atoms with van der Waals surface area (Å²) in [5.41, 5.74) is 0.217. The second kappa shape index (κ2) is 2.57. The molecule has 0 radical (unpaired) electrons. The molecule has 2 N–H and O–H groups in total. The van der Waals surface area contributed by atoms with Gasteiger partial charge in [0.15, 0.2) is 0 Å². The molecule has 0 saturated carbocycles. The van der Waals surface area contributed by atoms with Gasteiger partial charge in [-0.05, 0) is 12.7 Å². The van der Waals surface area contributed by atoms with Crippen LogP contribution in [-0.2, 0) is 9.59 Å². The third-order valence-corrected chi connectivity index (χ3v) is 1.26. The van der Waals surface area contributed by atoms with Crippen molar-refractivity contribution in [1.29, 1.82) is 0 Å². The molecule has 58 valence electrons. The van der Waals surface area contributed by atoms with Gasteiger partial charge in [-0.3, -0.25) is 0 Å². The van der Waals surface area contributed by atoms with Gasteiger partial charge in [-0.1, -0.05) is 12.2 Å². The molecule has 1 rings (SSSR count). The first-order valence-corrected chi connectivity index (χ1v) is 2.96. The number of hydrogen-bond acceptors (Lipinski definition) is 4. The van der Waals surface area contributed by atoms with Crippen LogP contribution < -0.4 is 5.32 Å². The number of aliphatic hydroxyl groups is 1. The summed E-state index contributed by atoms with van der Waals surface area (Å²) < 4.78 is 0. The maximum atomic E-state index is 10.7. The fourth-order valence-electron chi connectivity index (χ4n) is 0.692. The van der Waals surface area contributed by atoms with E-state index in [0.717, 1.165) is 6.08 Å². The SMILES string of the molecule is CNC1=CC(=O)C(=O)[C-]=C1O. The fourth-order valence-corrected chi connectivity index (χ4v) is 0.692. The Morgan fingerprint density at radius 1 is 1.55 bits per heavy atom. The third-order valence-electron chi connectivity index (χ3n) is 1.26. The van der Waals surface area contributed by atoms with Crippen molar-refractivity contribution in [3.63, 3.8) is 0 Å².